The Morgan fingerprint density at radius 2 is 1.80 bits per heavy atom. The molecule has 1 aromatic heterocycles. The zero-order valence-electron chi connectivity index (χ0n) is 14.6. The topological polar surface area (TPSA) is 71.1 Å². The maximum Gasteiger partial charge on any atom is 0.238 e. The number of halogens is 1. The fraction of sp³-hybridized carbons (Fsp3) is 0.316. The van der Waals surface area contributed by atoms with E-state index >= 15 is 0 Å². The fourth-order valence-corrected chi connectivity index (χ4v) is 3.00. The largest absolute Gasteiger partial charge is 0.297 e. The zero-order valence-corrected chi connectivity index (χ0v) is 15.4. The summed E-state index contributed by atoms with van der Waals surface area (Å²) in [4.78, 5) is 28.2. The first-order chi connectivity index (χ1) is 11.9. The fourth-order valence-electron chi connectivity index (χ4n) is 2.83. The Morgan fingerprint density at radius 3 is 2.44 bits per heavy atom. The predicted octanol–water partition coefficient (Wildman–Crippen LogP) is 4.16. The molecule has 0 saturated carbocycles. The van der Waals surface area contributed by atoms with Gasteiger partial charge in [0.05, 0.1) is 10.7 Å². The van der Waals surface area contributed by atoms with Crippen LogP contribution in [0.5, 0.6) is 0 Å². The second-order valence-electron chi connectivity index (χ2n) is 6.08. The number of aromatic nitrogens is 1. The number of hydrazine groups is 1. The lowest BCUT2D eigenvalue weighted by molar-refractivity contribution is -0.120. The summed E-state index contributed by atoms with van der Waals surface area (Å²) in [6.07, 6.45) is 4.15. The molecular weight excluding hydrogens is 338 g/mol. The number of nitrogens with one attached hydrogen (secondary N) is 2. The normalized spacial score (nSPS) is 10.4. The van der Waals surface area contributed by atoms with Gasteiger partial charge in [-0.05, 0) is 44.4 Å². The molecule has 0 aliphatic heterocycles. The van der Waals surface area contributed by atoms with Crippen LogP contribution < -0.4 is 10.9 Å². The highest BCUT2D eigenvalue weighted by Gasteiger charge is 2.13. The van der Waals surface area contributed by atoms with Gasteiger partial charge in [-0.1, -0.05) is 29.3 Å². The molecule has 2 N–H and O–H groups in total. The first kappa shape index (κ1) is 18.9. The molecule has 0 aliphatic rings. The number of carbonyl (C=O) groups is 2. The van der Waals surface area contributed by atoms with Crippen molar-refractivity contribution in [3.05, 3.63) is 57.9 Å². The minimum atomic E-state index is -0.196. The molecule has 0 fully saturated rings. The van der Waals surface area contributed by atoms with Crippen molar-refractivity contribution in [2.75, 3.05) is 5.43 Å². The van der Waals surface area contributed by atoms with Gasteiger partial charge in [0.2, 0.25) is 5.91 Å². The minimum absolute atomic E-state index is 0.0768. The molecule has 1 heterocycles. The third-order valence-electron chi connectivity index (χ3n) is 3.87. The summed E-state index contributed by atoms with van der Waals surface area (Å²) in [5, 5.41) is 0.420. The van der Waals surface area contributed by atoms with E-state index in [0.717, 1.165) is 22.3 Å². The highest BCUT2D eigenvalue weighted by atomic mass is 35.5. The standard InChI is InChI=1S/C19H22ClN3O2/c1-12-9-13(2)19(14(3)10-12)17(24)5-4-6-18(25)23-22-16-7-8-21-11-15(16)20/h7-11H,4-6H2,1-3H3,(H,21,22)(H,23,25). The maximum atomic E-state index is 12.4. The molecule has 5 nitrogen and oxygen atoms in total. The lowest BCUT2D eigenvalue weighted by Crippen LogP contribution is -2.29. The maximum absolute atomic E-state index is 12.4. The van der Waals surface area contributed by atoms with Crippen molar-refractivity contribution < 1.29 is 9.59 Å². The third kappa shape index (κ3) is 5.29. The molecule has 132 valence electrons. The molecule has 0 unspecified atom stereocenters. The van der Waals surface area contributed by atoms with E-state index < -0.39 is 0 Å². The molecule has 0 saturated heterocycles. The van der Waals surface area contributed by atoms with E-state index in [1.165, 1.54) is 6.20 Å². The molecular formula is C19H22ClN3O2. The SMILES string of the molecule is Cc1cc(C)c(C(=O)CCCC(=O)NNc2ccncc2Cl)c(C)c1. The van der Waals surface area contributed by atoms with E-state index in [1.54, 1.807) is 12.3 Å². The monoisotopic (exact) mass is 359 g/mol. The average Bonchev–Trinajstić information content (AvgIpc) is 2.53. The Morgan fingerprint density at radius 1 is 1.12 bits per heavy atom. The van der Waals surface area contributed by atoms with E-state index in [9.17, 15) is 9.59 Å². The smallest absolute Gasteiger partial charge is 0.238 e. The van der Waals surface area contributed by atoms with Crippen molar-refractivity contribution in [2.24, 2.45) is 0 Å². The lowest BCUT2D eigenvalue weighted by atomic mass is 9.94. The zero-order chi connectivity index (χ0) is 18.4. The quantitative estimate of drug-likeness (QED) is 0.575. The number of amides is 1. The van der Waals surface area contributed by atoms with E-state index in [0.29, 0.717) is 23.6 Å². The molecule has 2 rings (SSSR count). The number of anilines is 1. The van der Waals surface area contributed by atoms with E-state index in [-0.39, 0.29) is 18.1 Å². The van der Waals surface area contributed by atoms with Crippen molar-refractivity contribution in [3.63, 3.8) is 0 Å². The van der Waals surface area contributed by atoms with E-state index in [2.05, 4.69) is 15.8 Å². The number of ketones is 1. The van der Waals surface area contributed by atoms with Crippen LogP contribution in [0, 0.1) is 20.8 Å². The Balaban J connectivity index is 1.81. The number of benzene rings is 1. The van der Waals surface area contributed by atoms with Crippen molar-refractivity contribution in [1.82, 2.24) is 10.4 Å². The molecule has 25 heavy (non-hydrogen) atoms. The third-order valence-corrected chi connectivity index (χ3v) is 4.17. The van der Waals surface area contributed by atoms with E-state index in [4.69, 9.17) is 11.6 Å². The number of aryl methyl sites for hydroxylation is 3. The number of carbonyl (C=O) groups excluding carboxylic acids is 2. The summed E-state index contributed by atoms with van der Waals surface area (Å²) < 4.78 is 0. The number of nitrogens with zero attached hydrogens (tertiary/aromatic N) is 1. The van der Waals surface area contributed by atoms with Gasteiger partial charge in [-0.2, -0.15) is 0 Å². The molecule has 2 aromatic rings. The second-order valence-corrected chi connectivity index (χ2v) is 6.49. The van der Waals surface area contributed by atoms with Gasteiger partial charge in [0.1, 0.15) is 0 Å². The van der Waals surface area contributed by atoms with Crippen LogP contribution in [0.15, 0.2) is 30.6 Å². The highest BCUT2D eigenvalue weighted by Crippen LogP contribution is 2.20. The van der Waals surface area contributed by atoms with Crippen molar-refractivity contribution in [2.45, 2.75) is 40.0 Å². The summed E-state index contributed by atoms with van der Waals surface area (Å²) in [5.74, 6) is -0.119. The predicted molar refractivity (Wildman–Crippen MR) is 99.8 cm³/mol. The van der Waals surface area contributed by atoms with Crippen molar-refractivity contribution in [1.29, 1.82) is 0 Å². The van der Waals surface area contributed by atoms with Crippen LogP contribution in [0.1, 0.15) is 46.3 Å². The van der Waals surface area contributed by atoms with Crippen LogP contribution in [0.2, 0.25) is 5.02 Å². The van der Waals surface area contributed by atoms with Crippen LogP contribution in [-0.4, -0.2) is 16.7 Å². The number of hydrogen-bond donors (Lipinski definition) is 2. The van der Waals surface area contributed by atoms with Gasteiger partial charge in [-0.3, -0.25) is 25.4 Å². The number of Topliss-reactive ketones (excluding diaryl/α,β-unsaturated/α-hetero) is 1. The van der Waals surface area contributed by atoms with Crippen molar-refractivity contribution in [3.8, 4) is 0 Å². The molecule has 0 radical (unpaired) electrons. The summed E-state index contributed by atoms with van der Waals surface area (Å²) in [6, 6.07) is 5.68. The summed E-state index contributed by atoms with van der Waals surface area (Å²) in [7, 11) is 0. The van der Waals surface area contributed by atoms with Gasteiger partial charge in [0.15, 0.2) is 5.78 Å². The molecule has 0 atom stereocenters. The first-order valence-electron chi connectivity index (χ1n) is 8.14. The van der Waals surface area contributed by atoms with Crippen molar-refractivity contribution >= 4 is 29.0 Å². The Hall–Kier alpha value is -2.40. The Kier molecular flexibility index (Phi) is 6.53. The molecule has 0 aliphatic carbocycles. The van der Waals surface area contributed by atoms with Crippen LogP contribution >= 0.6 is 11.6 Å². The van der Waals surface area contributed by atoms with Gasteiger partial charge in [0.25, 0.3) is 0 Å². The minimum Gasteiger partial charge on any atom is -0.297 e. The second kappa shape index (κ2) is 8.62. The molecule has 0 spiro atoms. The van der Waals surface area contributed by atoms with E-state index in [1.807, 2.05) is 32.9 Å². The highest BCUT2D eigenvalue weighted by molar-refractivity contribution is 6.33. The van der Waals surface area contributed by atoms with Gasteiger partial charge in [0, 0.05) is 30.8 Å². The van der Waals surface area contributed by atoms with Gasteiger partial charge in [-0.25, -0.2) is 0 Å². The average molecular weight is 360 g/mol. The molecule has 0 bridgehead atoms. The molecule has 6 heteroatoms. The Labute approximate surface area is 152 Å². The van der Waals surface area contributed by atoms with Crippen LogP contribution in [-0.2, 0) is 4.79 Å². The molecule has 1 amide bonds. The summed E-state index contributed by atoms with van der Waals surface area (Å²) >= 11 is 5.94. The molecule has 1 aromatic carbocycles. The lowest BCUT2D eigenvalue weighted by Gasteiger charge is -2.11. The van der Waals surface area contributed by atoms with Crippen LogP contribution in [0.25, 0.3) is 0 Å². The van der Waals surface area contributed by atoms with Gasteiger partial charge < -0.3 is 0 Å². The van der Waals surface area contributed by atoms with Gasteiger partial charge >= 0.3 is 0 Å². The number of pyridine rings is 1. The van der Waals surface area contributed by atoms with Crippen LogP contribution in [0.4, 0.5) is 5.69 Å². The summed E-state index contributed by atoms with van der Waals surface area (Å²) in [5.41, 5.74) is 9.79. The van der Waals surface area contributed by atoms with Gasteiger partial charge in [-0.15, -0.1) is 0 Å². The number of rotatable bonds is 7. The summed E-state index contributed by atoms with van der Waals surface area (Å²) in [6.45, 7) is 5.91. The number of hydrogen-bond acceptors (Lipinski definition) is 4. The Bertz CT molecular complexity index is 767. The first-order valence-corrected chi connectivity index (χ1v) is 8.51. The van der Waals surface area contributed by atoms with Crippen LogP contribution in [0.3, 0.4) is 0 Å².